The monoisotopic (exact) mass is 242 g/mol. The molecule has 0 saturated carbocycles. The van der Waals surface area contributed by atoms with Crippen molar-refractivity contribution in [3.8, 4) is 0 Å². The predicted molar refractivity (Wildman–Crippen MR) is 73.2 cm³/mol. The number of hydrogen-bond acceptors (Lipinski definition) is 3. The fraction of sp³-hybridized carbons (Fsp3) is 1.00. The summed E-state index contributed by atoms with van der Waals surface area (Å²) >= 11 is 0. The SMILES string of the molecule is CCCC(CC)(CN)N1CCCC(COC)C1. The number of methoxy groups -OCH3 is 1. The highest BCUT2D eigenvalue weighted by atomic mass is 16.5. The quantitative estimate of drug-likeness (QED) is 0.744. The molecule has 17 heavy (non-hydrogen) atoms. The van der Waals surface area contributed by atoms with E-state index in [0.717, 1.165) is 19.6 Å². The second kappa shape index (κ2) is 7.34. The number of likely N-dealkylation sites (tertiary alicyclic amines) is 1. The van der Waals surface area contributed by atoms with Crippen LogP contribution in [-0.4, -0.2) is 43.8 Å². The normalized spacial score (nSPS) is 25.8. The zero-order valence-electron chi connectivity index (χ0n) is 11.9. The molecule has 0 aromatic rings. The van der Waals surface area contributed by atoms with Crippen molar-refractivity contribution in [2.24, 2.45) is 11.7 Å². The summed E-state index contributed by atoms with van der Waals surface area (Å²) in [5, 5.41) is 0. The molecule has 2 N–H and O–H groups in total. The van der Waals surface area contributed by atoms with Gasteiger partial charge in [0.2, 0.25) is 0 Å². The van der Waals surface area contributed by atoms with Gasteiger partial charge in [0.1, 0.15) is 0 Å². The largest absolute Gasteiger partial charge is 0.384 e. The number of hydrogen-bond donors (Lipinski definition) is 1. The summed E-state index contributed by atoms with van der Waals surface area (Å²) < 4.78 is 5.31. The lowest BCUT2D eigenvalue weighted by Crippen LogP contribution is -2.57. The van der Waals surface area contributed by atoms with E-state index in [1.165, 1.54) is 38.8 Å². The van der Waals surface area contributed by atoms with Crippen molar-refractivity contribution in [1.29, 1.82) is 0 Å². The maximum atomic E-state index is 6.08. The molecule has 0 amide bonds. The molecule has 0 spiro atoms. The molecule has 1 heterocycles. The summed E-state index contributed by atoms with van der Waals surface area (Å²) in [6.45, 7) is 8.60. The molecule has 0 aromatic heterocycles. The van der Waals surface area contributed by atoms with Crippen LogP contribution < -0.4 is 5.73 Å². The molecule has 1 saturated heterocycles. The zero-order chi connectivity index (χ0) is 12.7. The van der Waals surface area contributed by atoms with Gasteiger partial charge in [-0.05, 0) is 38.1 Å². The Morgan fingerprint density at radius 2 is 2.18 bits per heavy atom. The number of piperidine rings is 1. The summed E-state index contributed by atoms with van der Waals surface area (Å²) in [5.41, 5.74) is 6.32. The molecule has 1 fully saturated rings. The van der Waals surface area contributed by atoms with Crippen LogP contribution in [0, 0.1) is 5.92 Å². The topological polar surface area (TPSA) is 38.5 Å². The average Bonchev–Trinajstić information content (AvgIpc) is 2.37. The van der Waals surface area contributed by atoms with Crippen molar-refractivity contribution in [3.63, 3.8) is 0 Å². The fourth-order valence-electron chi connectivity index (χ4n) is 3.27. The first-order valence-electron chi connectivity index (χ1n) is 7.16. The number of ether oxygens (including phenoxy) is 1. The van der Waals surface area contributed by atoms with E-state index in [4.69, 9.17) is 10.5 Å². The van der Waals surface area contributed by atoms with Crippen LogP contribution in [0.5, 0.6) is 0 Å². The molecule has 0 radical (unpaired) electrons. The van der Waals surface area contributed by atoms with Gasteiger partial charge in [-0.3, -0.25) is 4.90 Å². The van der Waals surface area contributed by atoms with Crippen LogP contribution in [0.4, 0.5) is 0 Å². The van der Waals surface area contributed by atoms with E-state index in [-0.39, 0.29) is 5.54 Å². The smallest absolute Gasteiger partial charge is 0.0502 e. The third-order valence-electron chi connectivity index (χ3n) is 4.35. The predicted octanol–water partition coefficient (Wildman–Crippen LogP) is 2.25. The Bertz CT molecular complexity index is 202. The maximum Gasteiger partial charge on any atom is 0.0502 e. The van der Waals surface area contributed by atoms with Crippen LogP contribution in [0.2, 0.25) is 0 Å². The van der Waals surface area contributed by atoms with E-state index in [9.17, 15) is 0 Å². The molecule has 0 aliphatic carbocycles. The van der Waals surface area contributed by atoms with Crippen molar-refractivity contribution in [2.45, 2.75) is 51.5 Å². The zero-order valence-corrected chi connectivity index (χ0v) is 11.9. The van der Waals surface area contributed by atoms with Crippen LogP contribution in [0.1, 0.15) is 46.0 Å². The third-order valence-corrected chi connectivity index (χ3v) is 4.35. The van der Waals surface area contributed by atoms with Crippen molar-refractivity contribution >= 4 is 0 Å². The van der Waals surface area contributed by atoms with Gasteiger partial charge in [-0.15, -0.1) is 0 Å². The standard InChI is InChI=1S/C14H30N2O/c1-4-8-14(5-2,12-15)16-9-6-7-13(10-16)11-17-3/h13H,4-12,15H2,1-3H3. The lowest BCUT2D eigenvalue weighted by Gasteiger charge is -2.47. The first-order valence-corrected chi connectivity index (χ1v) is 7.16. The van der Waals surface area contributed by atoms with E-state index < -0.39 is 0 Å². The minimum Gasteiger partial charge on any atom is -0.384 e. The minimum absolute atomic E-state index is 0.237. The molecule has 1 aliphatic rings. The molecule has 0 bridgehead atoms. The molecule has 1 rings (SSSR count). The van der Waals surface area contributed by atoms with Crippen LogP contribution in [0.15, 0.2) is 0 Å². The van der Waals surface area contributed by atoms with E-state index in [0.29, 0.717) is 5.92 Å². The summed E-state index contributed by atoms with van der Waals surface area (Å²) in [5.74, 6) is 0.697. The van der Waals surface area contributed by atoms with Gasteiger partial charge in [0.05, 0.1) is 6.61 Å². The molecule has 0 aromatic carbocycles. The Labute approximate surface area is 107 Å². The van der Waals surface area contributed by atoms with Crippen LogP contribution in [0.25, 0.3) is 0 Å². The first kappa shape index (κ1) is 14.9. The van der Waals surface area contributed by atoms with E-state index in [1.54, 1.807) is 7.11 Å². The van der Waals surface area contributed by atoms with E-state index >= 15 is 0 Å². The van der Waals surface area contributed by atoms with Crippen LogP contribution in [0.3, 0.4) is 0 Å². The van der Waals surface area contributed by atoms with Gasteiger partial charge in [-0.2, -0.15) is 0 Å². The Morgan fingerprint density at radius 1 is 1.41 bits per heavy atom. The molecular formula is C14H30N2O. The fourth-order valence-corrected chi connectivity index (χ4v) is 3.27. The van der Waals surface area contributed by atoms with Crippen molar-refractivity contribution < 1.29 is 4.74 Å². The minimum atomic E-state index is 0.237. The van der Waals surface area contributed by atoms with Gasteiger partial charge in [0.25, 0.3) is 0 Å². The van der Waals surface area contributed by atoms with Gasteiger partial charge in [-0.25, -0.2) is 0 Å². The average molecular weight is 242 g/mol. The molecule has 3 heteroatoms. The van der Waals surface area contributed by atoms with Crippen LogP contribution >= 0.6 is 0 Å². The van der Waals surface area contributed by atoms with E-state index in [1.807, 2.05) is 0 Å². The molecule has 1 aliphatic heterocycles. The molecule has 102 valence electrons. The number of nitrogens with two attached hydrogens (primary N) is 1. The maximum absolute atomic E-state index is 6.08. The second-order valence-corrected chi connectivity index (χ2v) is 5.44. The Hall–Kier alpha value is -0.120. The first-order chi connectivity index (χ1) is 8.22. The second-order valence-electron chi connectivity index (χ2n) is 5.44. The summed E-state index contributed by atoms with van der Waals surface area (Å²) in [6, 6.07) is 0. The highest BCUT2D eigenvalue weighted by Gasteiger charge is 2.35. The Kier molecular flexibility index (Phi) is 6.45. The molecule has 3 nitrogen and oxygen atoms in total. The summed E-state index contributed by atoms with van der Waals surface area (Å²) in [7, 11) is 1.81. The third kappa shape index (κ3) is 3.67. The summed E-state index contributed by atoms with van der Waals surface area (Å²) in [4.78, 5) is 2.64. The van der Waals surface area contributed by atoms with Gasteiger partial charge < -0.3 is 10.5 Å². The Morgan fingerprint density at radius 3 is 2.71 bits per heavy atom. The Balaban J connectivity index is 2.66. The highest BCUT2D eigenvalue weighted by Crippen LogP contribution is 2.30. The number of nitrogens with zero attached hydrogens (tertiary/aromatic N) is 1. The van der Waals surface area contributed by atoms with Crippen molar-refractivity contribution in [3.05, 3.63) is 0 Å². The highest BCUT2D eigenvalue weighted by molar-refractivity contribution is 4.93. The van der Waals surface area contributed by atoms with Crippen molar-refractivity contribution in [2.75, 3.05) is 33.4 Å². The lowest BCUT2D eigenvalue weighted by atomic mass is 9.85. The lowest BCUT2D eigenvalue weighted by molar-refractivity contribution is 0.0148. The molecular weight excluding hydrogens is 212 g/mol. The van der Waals surface area contributed by atoms with E-state index in [2.05, 4.69) is 18.7 Å². The number of rotatable bonds is 7. The van der Waals surface area contributed by atoms with Crippen molar-refractivity contribution in [1.82, 2.24) is 4.90 Å². The summed E-state index contributed by atoms with van der Waals surface area (Å²) in [6.07, 6.45) is 6.20. The van der Waals surface area contributed by atoms with Gasteiger partial charge in [0, 0.05) is 25.7 Å². The molecule has 2 unspecified atom stereocenters. The van der Waals surface area contributed by atoms with Crippen LogP contribution in [-0.2, 0) is 4.74 Å². The van der Waals surface area contributed by atoms with Gasteiger partial charge in [-0.1, -0.05) is 20.3 Å². The van der Waals surface area contributed by atoms with Gasteiger partial charge >= 0.3 is 0 Å². The molecule has 2 atom stereocenters. The van der Waals surface area contributed by atoms with Gasteiger partial charge in [0.15, 0.2) is 0 Å².